The van der Waals surface area contributed by atoms with E-state index in [2.05, 4.69) is 4.74 Å². The van der Waals surface area contributed by atoms with Crippen LogP contribution in [-0.4, -0.2) is 35.0 Å². The zero-order valence-electron chi connectivity index (χ0n) is 14.8. The minimum atomic E-state index is -0.516. The van der Waals surface area contributed by atoms with Crippen LogP contribution in [0.25, 0.3) is 0 Å². The smallest absolute Gasteiger partial charge is 0.308 e. The second-order valence-electron chi connectivity index (χ2n) is 4.39. The molecule has 0 saturated carbocycles. The summed E-state index contributed by atoms with van der Waals surface area (Å²) in [4.78, 5) is 47.6. The molecule has 0 fully saturated rings. The summed E-state index contributed by atoms with van der Waals surface area (Å²) in [6.07, 6.45) is 1.03. The molecule has 0 amide bonds. The van der Waals surface area contributed by atoms with Gasteiger partial charge in [0.1, 0.15) is 17.7 Å². The van der Waals surface area contributed by atoms with E-state index < -0.39 is 16.7 Å². The summed E-state index contributed by atoms with van der Waals surface area (Å²) >= 11 is 0. The third-order valence-electron chi connectivity index (χ3n) is 1.48. The Balaban J connectivity index is -0.000000334. The van der Waals surface area contributed by atoms with E-state index in [-0.39, 0.29) is 12.0 Å². The lowest BCUT2D eigenvalue weighted by Gasteiger charge is -1.98. The highest BCUT2D eigenvalue weighted by Gasteiger charge is 2.04. The van der Waals surface area contributed by atoms with Gasteiger partial charge in [-0.2, -0.15) is 0 Å². The van der Waals surface area contributed by atoms with Crippen LogP contribution in [0.2, 0.25) is 0 Å². The molecule has 0 spiro atoms. The maximum atomic E-state index is 10.5. The number of nitro groups is 1. The molecule has 0 saturated heterocycles. The molecule has 0 unspecified atom stereocenters. The molecule has 1 aromatic carbocycles. The molecule has 0 bridgehead atoms. The van der Waals surface area contributed by atoms with Crippen molar-refractivity contribution in [1.82, 2.24) is 0 Å². The molecule has 0 aliphatic carbocycles. The van der Waals surface area contributed by atoms with Crippen molar-refractivity contribution >= 4 is 35.7 Å². The van der Waals surface area contributed by atoms with Gasteiger partial charge in [0.15, 0.2) is 12.1 Å². The van der Waals surface area contributed by atoms with Crippen LogP contribution in [0.1, 0.15) is 34.6 Å². The van der Waals surface area contributed by atoms with Gasteiger partial charge in [0.05, 0.1) is 4.92 Å². The summed E-state index contributed by atoms with van der Waals surface area (Å²) in [5.41, 5.74) is 0.885. The first-order chi connectivity index (χ1) is 11.5. The van der Waals surface area contributed by atoms with E-state index in [1.807, 2.05) is 13.8 Å². The number of aldehydes is 2. The normalized spacial score (nSPS) is 7.72. The number of carbonyl (C=O) groups is 4. The van der Waals surface area contributed by atoms with E-state index in [0.717, 1.165) is 12.0 Å². The number of ether oxygens (including phenoxy) is 1. The van der Waals surface area contributed by atoms with Crippen molar-refractivity contribution in [3.63, 3.8) is 0 Å². The van der Waals surface area contributed by atoms with Gasteiger partial charge in [0.2, 0.25) is 0 Å². The topological polar surface area (TPSA) is 146 Å². The molecule has 1 rings (SSSR count). The maximum absolute atomic E-state index is 10.5. The molecule has 0 aromatic heterocycles. The minimum Gasteiger partial charge on any atom is -0.427 e. The molecule has 9 heteroatoms. The molecule has 0 aliphatic rings. The fourth-order valence-corrected chi connectivity index (χ4v) is 0.802. The molecule has 0 radical (unpaired) electrons. The van der Waals surface area contributed by atoms with Gasteiger partial charge in [0, 0.05) is 39.8 Å². The first-order valence-electron chi connectivity index (χ1n) is 6.85. The van der Waals surface area contributed by atoms with E-state index in [4.69, 9.17) is 15.0 Å². The van der Waals surface area contributed by atoms with Crippen LogP contribution in [0.4, 0.5) is 5.69 Å². The van der Waals surface area contributed by atoms with Crippen molar-refractivity contribution in [3.05, 3.63) is 34.4 Å². The van der Waals surface area contributed by atoms with E-state index in [0.29, 0.717) is 5.75 Å². The number of carbonyl (C=O) groups excluding carboxylic acids is 4. The van der Waals surface area contributed by atoms with E-state index in [1.54, 1.807) is 0 Å². The molecule has 1 aromatic rings. The molecule has 2 N–H and O–H groups in total. The number of rotatable bonds is 3. The SMILES string of the molecule is CC(=O)C=O.CC(=O)Oc1ccc([N+](=O)[O-])cc1.CC(C)=[NH2+].CC=O. The van der Waals surface area contributed by atoms with E-state index in [1.165, 1.54) is 45.0 Å². The number of ketones is 1. The fraction of sp³-hybridized carbons (Fsp3) is 0.312. The van der Waals surface area contributed by atoms with Crippen LogP contribution in [0.15, 0.2) is 24.3 Å². The second kappa shape index (κ2) is 17.1. The lowest BCUT2D eigenvalue weighted by atomic mass is 10.3. The quantitative estimate of drug-likeness (QED) is 0.160. The lowest BCUT2D eigenvalue weighted by Crippen LogP contribution is -2.34. The van der Waals surface area contributed by atoms with Gasteiger partial charge in [-0.1, -0.05) is 0 Å². The highest BCUT2D eigenvalue weighted by atomic mass is 16.6. The molecular weight excluding hydrogens is 332 g/mol. The van der Waals surface area contributed by atoms with Crippen LogP contribution in [0.5, 0.6) is 5.75 Å². The number of hydrogen-bond acceptors (Lipinski definition) is 7. The fourth-order valence-electron chi connectivity index (χ4n) is 0.802. The number of nitro benzene ring substituents is 1. The van der Waals surface area contributed by atoms with Gasteiger partial charge in [0.25, 0.3) is 5.69 Å². The van der Waals surface area contributed by atoms with Crippen LogP contribution < -0.4 is 10.1 Å². The van der Waals surface area contributed by atoms with Crippen LogP contribution in [0.3, 0.4) is 0 Å². The third kappa shape index (κ3) is 26.0. The molecule has 138 valence electrons. The first-order valence-corrected chi connectivity index (χ1v) is 6.85. The Bertz CT molecular complexity index is 577. The van der Waals surface area contributed by atoms with Crippen LogP contribution in [-0.2, 0) is 19.2 Å². The highest BCUT2D eigenvalue weighted by molar-refractivity contribution is 6.23. The second-order valence-corrected chi connectivity index (χ2v) is 4.39. The number of esters is 1. The van der Waals surface area contributed by atoms with Gasteiger partial charge in [-0.05, 0) is 19.1 Å². The lowest BCUT2D eigenvalue weighted by molar-refractivity contribution is -0.384. The molecular formula is C16H23N2O7+. The van der Waals surface area contributed by atoms with Crippen LogP contribution in [0, 0.1) is 10.1 Å². The minimum absolute atomic E-state index is 0.0316. The van der Waals surface area contributed by atoms with Crippen molar-refractivity contribution in [2.75, 3.05) is 0 Å². The van der Waals surface area contributed by atoms with Crippen molar-refractivity contribution < 1.29 is 34.2 Å². The highest BCUT2D eigenvalue weighted by Crippen LogP contribution is 2.17. The standard InChI is InChI=1S/C8H7NO4.C3H7N.C3H4O2.C2H4O/c1-6(10)13-8-4-2-7(3-5-8)9(11)12;1-3(2)4;1-3(5)2-4;1-2-3/h2-5H,1H3;4H,1-2H3;2H,1H3;2H,1H3/p+1. The molecule has 25 heavy (non-hydrogen) atoms. The molecule has 0 atom stereocenters. The predicted octanol–water partition coefficient (Wildman–Crippen LogP) is 0.726. The summed E-state index contributed by atoms with van der Waals surface area (Å²) < 4.78 is 4.69. The average molecular weight is 355 g/mol. The Kier molecular flexibility index (Phi) is 18.3. The molecule has 0 heterocycles. The summed E-state index contributed by atoms with van der Waals surface area (Å²) in [5.74, 6) is -0.572. The van der Waals surface area contributed by atoms with Crippen molar-refractivity contribution in [3.8, 4) is 5.75 Å². The van der Waals surface area contributed by atoms with E-state index >= 15 is 0 Å². The molecule has 0 aliphatic heterocycles. The zero-order valence-corrected chi connectivity index (χ0v) is 14.8. The van der Waals surface area contributed by atoms with Crippen molar-refractivity contribution in [1.29, 1.82) is 0 Å². The summed E-state index contributed by atoms with van der Waals surface area (Å²) in [6.45, 7) is 7.65. The van der Waals surface area contributed by atoms with Gasteiger partial charge < -0.3 is 9.53 Å². The zero-order chi connectivity index (χ0) is 20.4. The van der Waals surface area contributed by atoms with Crippen molar-refractivity contribution in [2.24, 2.45) is 0 Å². The van der Waals surface area contributed by atoms with Gasteiger partial charge in [-0.15, -0.1) is 0 Å². The number of non-ortho nitro benzene ring substituents is 1. The van der Waals surface area contributed by atoms with Crippen LogP contribution >= 0.6 is 0 Å². The largest absolute Gasteiger partial charge is 0.427 e. The number of benzene rings is 1. The Morgan fingerprint density at radius 1 is 1.08 bits per heavy atom. The Hall–Kier alpha value is -3.23. The number of nitrogens with zero attached hydrogens (tertiary/aromatic N) is 1. The third-order valence-corrected chi connectivity index (χ3v) is 1.48. The van der Waals surface area contributed by atoms with Crippen molar-refractivity contribution in [2.45, 2.75) is 34.6 Å². The Labute approximate surface area is 145 Å². The van der Waals surface area contributed by atoms with Gasteiger partial charge in [-0.3, -0.25) is 29.9 Å². The number of Topliss-reactive ketones (excluding diaryl/α,β-unsaturated/α-hetero) is 1. The molecule has 9 nitrogen and oxygen atoms in total. The number of nitrogens with two attached hydrogens (primary N) is 1. The average Bonchev–Trinajstić information content (AvgIpc) is 2.48. The maximum Gasteiger partial charge on any atom is 0.308 e. The Morgan fingerprint density at radius 2 is 1.40 bits per heavy atom. The number of hydrogen-bond donors (Lipinski definition) is 1. The Morgan fingerprint density at radius 3 is 1.60 bits per heavy atom. The summed E-state index contributed by atoms with van der Waals surface area (Å²) in [5, 5.41) is 15.3. The monoisotopic (exact) mass is 355 g/mol. The van der Waals surface area contributed by atoms with E-state index in [9.17, 15) is 19.7 Å². The summed E-state index contributed by atoms with van der Waals surface area (Å²) in [6, 6.07) is 5.30. The summed E-state index contributed by atoms with van der Waals surface area (Å²) in [7, 11) is 0. The predicted molar refractivity (Wildman–Crippen MR) is 91.2 cm³/mol. The van der Waals surface area contributed by atoms with Gasteiger partial charge in [-0.25, -0.2) is 0 Å². The van der Waals surface area contributed by atoms with Gasteiger partial charge >= 0.3 is 5.97 Å². The first kappa shape index (κ1) is 26.7.